The maximum atomic E-state index is 12.4. The zero-order chi connectivity index (χ0) is 20.4. The minimum atomic E-state index is -0.270. The number of anilines is 2. The number of hydrogen-bond donors (Lipinski definition) is 2. The molecule has 2 heterocycles. The van der Waals surface area contributed by atoms with Crippen molar-refractivity contribution in [2.75, 3.05) is 17.2 Å². The Hall–Kier alpha value is -2.97. The number of thiophene rings is 1. The molecule has 0 radical (unpaired) electrons. The first-order valence-electron chi connectivity index (χ1n) is 9.13. The van der Waals surface area contributed by atoms with E-state index in [0.717, 1.165) is 25.3 Å². The maximum absolute atomic E-state index is 12.4. The lowest BCUT2D eigenvalue weighted by Gasteiger charge is -2.10. The van der Waals surface area contributed by atoms with Crippen LogP contribution in [0.4, 0.5) is 11.4 Å². The number of carbonyl (C=O) groups excluding carboxylic acids is 2. The summed E-state index contributed by atoms with van der Waals surface area (Å²) in [6.45, 7) is 3.66. The SMILES string of the molecule is CCC(=O)Nc1cccc(NC(=O)COc2cc3sc(C)nc3c3sccc23)c1. The van der Waals surface area contributed by atoms with Gasteiger partial charge < -0.3 is 15.4 Å². The summed E-state index contributed by atoms with van der Waals surface area (Å²) in [4.78, 5) is 28.5. The van der Waals surface area contributed by atoms with Gasteiger partial charge in [0.2, 0.25) is 5.91 Å². The van der Waals surface area contributed by atoms with Crippen molar-refractivity contribution in [1.29, 1.82) is 0 Å². The van der Waals surface area contributed by atoms with E-state index in [4.69, 9.17) is 4.74 Å². The number of amides is 2. The van der Waals surface area contributed by atoms with Crippen molar-refractivity contribution in [3.8, 4) is 5.75 Å². The molecule has 0 aliphatic carbocycles. The number of benzene rings is 2. The minimum absolute atomic E-state index is 0.0784. The number of nitrogens with zero attached hydrogens (tertiary/aromatic N) is 1. The third-order valence-electron chi connectivity index (χ3n) is 4.28. The van der Waals surface area contributed by atoms with Crippen LogP contribution in [0.1, 0.15) is 18.4 Å². The molecule has 2 aromatic carbocycles. The topological polar surface area (TPSA) is 80.3 Å². The highest BCUT2D eigenvalue weighted by Crippen LogP contribution is 2.38. The number of fused-ring (bicyclic) bond motifs is 3. The van der Waals surface area contributed by atoms with E-state index >= 15 is 0 Å². The fraction of sp³-hybridized carbons (Fsp3) is 0.190. The molecule has 148 valence electrons. The van der Waals surface area contributed by atoms with Gasteiger partial charge in [-0.2, -0.15) is 0 Å². The van der Waals surface area contributed by atoms with E-state index in [2.05, 4.69) is 15.6 Å². The van der Waals surface area contributed by atoms with E-state index < -0.39 is 0 Å². The average Bonchev–Trinajstić information content (AvgIpc) is 3.32. The number of aromatic nitrogens is 1. The first-order chi connectivity index (χ1) is 14.0. The summed E-state index contributed by atoms with van der Waals surface area (Å²) in [6, 6.07) is 11.0. The van der Waals surface area contributed by atoms with Crippen LogP contribution in [-0.4, -0.2) is 23.4 Å². The van der Waals surface area contributed by atoms with Crippen LogP contribution in [0.5, 0.6) is 5.75 Å². The predicted molar refractivity (Wildman–Crippen MR) is 119 cm³/mol. The highest BCUT2D eigenvalue weighted by atomic mass is 32.1. The van der Waals surface area contributed by atoms with Gasteiger partial charge in [-0.15, -0.1) is 22.7 Å². The van der Waals surface area contributed by atoms with Crippen molar-refractivity contribution < 1.29 is 14.3 Å². The molecule has 8 heteroatoms. The molecule has 2 N–H and O–H groups in total. The Kier molecular flexibility index (Phi) is 5.46. The molecule has 0 saturated heterocycles. The van der Waals surface area contributed by atoms with Crippen molar-refractivity contribution >= 4 is 66.2 Å². The van der Waals surface area contributed by atoms with Crippen molar-refractivity contribution in [1.82, 2.24) is 4.98 Å². The fourth-order valence-electron chi connectivity index (χ4n) is 2.97. The van der Waals surface area contributed by atoms with Crippen LogP contribution >= 0.6 is 22.7 Å². The average molecular weight is 426 g/mol. The largest absolute Gasteiger partial charge is 0.483 e. The van der Waals surface area contributed by atoms with Crippen LogP contribution < -0.4 is 15.4 Å². The zero-order valence-corrected chi connectivity index (χ0v) is 17.6. The molecule has 0 saturated carbocycles. The third kappa shape index (κ3) is 4.23. The van der Waals surface area contributed by atoms with Crippen LogP contribution in [0.15, 0.2) is 41.8 Å². The van der Waals surface area contributed by atoms with Gasteiger partial charge in [0.15, 0.2) is 6.61 Å². The molecule has 0 aliphatic heterocycles. The summed E-state index contributed by atoms with van der Waals surface area (Å²) in [5, 5.41) is 9.54. The van der Waals surface area contributed by atoms with Gasteiger partial charge in [-0.1, -0.05) is 13.0 Å². The molecule has 0 aliphatic rings. The van der Waals surface area contributed by atoms with Gasteiger partial charge in [0.1, 0.15) is 5.75 Å². The molecular weight excluding hydrogens is 406 g/mol. The number of rotatable bonds is 6. The number of carbonyl (C=O) groups is 2. The molecule has 4 aromatic rings. The van der Waals surface area contributed by atoms with Gasteiger partial charge in [-0.3, -0.25) is 9.59 Å². The van der Waals surface area contributed by atoms with E-state index in [-0.39, 0.29) is 18.4 Å². The Balaban J connectivity index is 1.46. The van der Waals surface area contributed by atoms with Crippen LogP contribution in [0.25, 0.3) is 20.3 Å². The fourth-order valence-corrected chi connectivity index (χ4v) is 4.80. The lowest BCUT2D eigenvalue weighted by Crippen LogP contribution is -2.20. The molecule has 0 spiro atoms. The van der Waals surface area contributed by atoms with E-state index in [9.17, 15) is 9.59 Å². The zero-order valence-electron chi connectivity index (χ0n) is 15.9. The van der Waals surface area contributed by atoms with Gasteiger partial charge >= 0.3 is 0 Å². The molecular formula is C21H19N3O3S2. The molecule has 2 aromatic heterocycles. The third-order valence-corrected chi connectivity index (χ3v) is 6.12. The summed E-state index contributed by atoms with van der Waals surface area (Å²) in [5.41, 5.74) is 2.23. The highest BCUT2D eigenvalue weighted by Gasteiger charge is 2.14. The van der Waals surface area contributed by atoms with Gasteiger partial charge in [-0.25, -0.2) is 4.98 Å². The Morgan fingerprint density at radius 2 is 1.86 bits per heavy atom. The summed E-state index contributed by atoms with van der Waals surface area (Å²) in [5.74, 6) is 0.328. The summed E-state index contributed by atoms with van der Waals surface area (Å²) in [7, 11) is 0. The Bertz CT molecular complexity index is 1210. The Morgan fingerprint density at radius 1 is 1.10 bits per heavy atom. The van der Waals surface area contributed by atoms with Gasteiger partial charge in [0, 0.05) is 29.2 Å². The molecule has 6 nitrogen and oxygen atoms in total. The van der Waals surface area contributed by atoms with Crippen molar-refractivity contribution in [2.45, 2.75) is 20.3 Å². The first-order valence-corrected chi connectivity index (χ1v) is 10.8. The molecule has 0 fully saturated rings. The second kappa shape index (κ2) is 8.18. The van der Waals surface area contributed by atoms with Gasteiger partial charge in [0.25, 0.3) is 5.91 Å². The van der Waals surface area contributed by atoms with Crippen molar-refractivity contribution in [2.24, 2.45) is 0 Å². The van der Waals surface area contributed by atoms with E-state index in [1.165, 1.54) is 0 Å². The summed E-state index contributed by atoms with van der Waals surface area (Å²) < 4.78 is 7.96. The van der Waals surface area contributed by atoms with Crippen molar-refractivity contribution in [3.05, 3.63) is 46.8 Å². The number of ether oxygens (including phenoxy) is 1. The second-order valence-electron chi connectivity index (χ2n) is 6.44. The van der Waals surface area contributed by atoms with Crippen LogP contribution in [-0.2, 0) is 9.59 Å². The van der Waals surface area contributed by atoms with Gasteiger partial charge in [-0.05, 0) is 36.6 Å². The van der Waals surface area contributed by atoms with E-state index in [1.54, 1.807) is 53.9 Å². The standard InChI is InChI=1S/C21H19N3O3S2/c1-3-18(25)23-13-5-4-6-14(9-13)24-19(26)11-27-16-10-17-20(22-12(2)29-17)21-15(16)7-8-28-21/h4-10H,3,11H2,1-2H3,(H,23,25)(H,24,26). The number of thiazole rings is 1. The molecule has 0 unspecified atom stereocenters. The first kappa shape index (κ1) is 19.4. The monoisotopic (exact) mass is 425 g/mol. The number of hydrogen-bond acceptors (Lipinski definition) is 6. The second-order valence-corrected chi connectivity index (χ2v) is 8.59. The van der Waals surface area contributed by atoms with Crippen LogP contribution in [0.3, 0.4) is 0 Å². The highest BCUT2D eigenvalue weighted by molar-refractivity contribution is 7.21. The molecule has 29 heavy (non-hydrogen) atoms. The van der Waals surface area contributed by atoms with E-state index in [0.29, 0.717) is 23.5 Å². The van der Waals surface area contributed by atoms with E-state index in [1.807, 2.05) is 24.4 Å². The molecule has 4 rings (SSSR count). The summed E-state index contributed by atoms with van der Waals surface area (Å²) >= 11 is 3.23. The quantitative estimate of drug-likeness (QED) is 0.446. The Labute approximate surface area is 175 Å². The Morgan fingerprint density at radius 3 is 2.62 bits per heavy atom. The minimum Gasteiger partial charge on any atom is -0.483 e. The van der Waals surface area contributed by atoms with Crippen LogP contribution in [0.2, 0.25) is 0 Å². The van der Waals surface area contributed by atoms with Gasteiger partial charge in [0.05, 0.1) is 19.9 Å². The number of aryl methyl sites for hydroxylation is 1. The molecule has 0 bridgehead atoms. The molecule has 2 amide bonds. The number of nitrogens with one attached hydrogen (secondary N) is 2. The normalized spacial score (nSPS) is 11.0. The van der Waals surface area contributed by atoms with Crippen molar-refractivity contribution in [3.63, 3.8) is 0 Å². The lowest BCUT2D eigenvalue weighted by molar-refractivity contribution is -0.118. The lowest BCUT2D eigenvalue weighted by atomic mass is 10.2. The molecule has 0 atom stereocenters. The predicted octanol–water partition coefficient (Wildman–Crippen LogP) is 5.19. The van der Waals surface area contributed by atoms with Crippen LogP contribution in [0, 0.1) is 6.92 Å². The maximum Gasteiger partial charge on any atom is 0.262 e. The smallest absolute Gasteiger partial charge is 0.262 e. The summed E-state index contributed by atoms with van der Waals surface area (Å²) in [6.07, 6.45) is 0.394.